The Balaban J connectivity index is 1.81. The molecule has 122 valence electrons. The van der Waals surface area contributed by atoms with Gasteiger partial charge in [-0.2, -0.15) is 17.5 Å². The van der Waals surface area contributed by atoms with E-state index in [1.807, 2.05) is 0 Å². The fourth-order valence-corrected chi connectivity index (χ4v) is 4.98. The maximum atomic E-state index is 12.5. The van der Waals surface area contributed by atoms with Gasteiger partial charge in [-0.3, -0.25) is 4.98 Å². The van der Waals surface area contributed by atoms with Crippen LogP contribution in [0.15, 0.2) is 23.2 Å². The third kappa shape index (κ3) is 2.74. The lowest BCUT2D eigenvalue weighted by molar-refractivity contribution is -0.141. The smallest absolute Gasteiger partial charge is 0.250 e. The van der Waals surface area contributed by atoms with Crippen molar-refractivity contribution in [3.63, 3.8) is 0 Å². The van der Waals surface area contributed by atoms with Crippen LogP contribution in [-0.2, 0) is 16.2 Å². The molecule has 1 aromatic rings. The van der Waals surface area contributed by atoms with E-state index in [0.29, 0.717) is 19.2 Å². The van der Waals surface area contributed by atoms with E-state index in [0.717, 1.165) is 44.4 Å². The molecule has 0 amide bonds. The summed E-state index contributed by atoms with van der Waals surface area (Å²) in [7, 11) is -3.76. The van der Waals surface area contributed by atoms with Crippen LogP contribution in [0.5, 0.6) is 0 Å². The molecule has 1 aliphatic carbocycles. The Morgan fingerprint density at radius 1 is 1.14 bits per heavy atom. The number of sulfonamides is 1. The fraction of sp³-hybridized carbons (Fsp3) is 0.643. The van der Waals surface area contributed by atoms with Gasteiger partial charge in [-0.15, -0.1) is 0 Å². The van der Waals surface area contributed by atoms with Gasteiger partial charge in [-0.05, 0) is 36.8 Å². The Morgan fingerprint density at radius 3 is 2.36 bits per heavy atom. The quantitative estimate of drug-likeness (QED) is 0.835. The molecule has 0 radical (unpaired) electrons. The molecule has 22 heavy (non-hydrogen) atoms. The Labute approximate surface area is 127 Å². The molecule has 0 atom stereocenters. The molecule has 4 nitrogen and oxygen atoms in total. The van der Waals surface area contributed by atoms with Gasteiger partial charge in [0.15, 0.2) is 0 Å². The van der Waals surface area contributed by atoms with Crippen LogP contribution in [0, 0.1) is 5.41 Å². The summed E-state index contributed by atoms with van der Waals surface area (Å²) in [5.74, 6) is 0. The number of hydrogen-bond acceptors (Lipinski definition) is 3. The van der Waals surface area contributed by atoms with Crippen molar-refractivity contribution >= 4 is 10.0 Å². The maximum Gasteiger partial charge on any atom is 0.433 e. The van der Waals surface area contributed by atoms with Crippen molar-refractivity contribution in [1.29, 1.82) is 0 Å². The second kappa shape index (κ2) is 5.19. The predicted molar refractivity (Wildman–Crippen MR) is 73.5 cm³/mol. The van der Waals surface area contributed by atoms with Crippen LogP contribution < -0.4 is 0 Å². The van der Waals surface area contributed by atoms with E-state index in [1.165, 1.54) is 4.31 Å². The zero-order valence-corrected chi connectivity index (χ0v) is 12.8. The summed E-state index contributed by atoms with van der Waals surface area (Å²) in [4.78, 5) is 3.08. The molecule has 2 aliphatic rings. The third-order valence-corrected chi connectivity index (χ3v) is 6.56. The number of alkyl halides is 3. The van der Waals surface area contributed by atoms with Crippen LogP contribution in [0.25, 0.3) is 0 Å². The van der Waals surface area contributed by atoms with Gasteiger partial charge >= 0.3 is 6.18 Å². The van der Waals surface area contributed by atoms with E-state index in [2.05, 4.69) is 4.98 Å². The van der Waals surface area contributed by atoms with E-state index in [4.69, 9.17) is 0 Å². The molecule has 1 aromatic heterocycles. The zero-order valence-electron chi connectivity index (χ0n) is 11.9. The second-order valence-electron chi connectivity index (χ2n) is 6.17. The highest BCUT2D eigenvalue weighted by molar-refractivity contribution is 7.89. The molecule has 1 spiro atoms. The Kier molecular flexibility index (Phi) is 3.71. The van der Waals surface area contributed by atoms with Crippen molar-refractivity contribution in [2.45, 2.75) is 43.2 Å². The molecule has 0 aromatic carbocycles. The van der Waals surface area contributed by atoms with Crippen LogP contribution in [-0.4, -0.2) is 30.8 Å². The van der Waals surface area contributed by atoms with Gasteiger partial charge in [0.05, 0.1) is 0 Å². The van der Waals surface area contributed by atoms with Crippen molar-refractivity contribution in [2.75, 3.05) is 13.1 Å². The lowest BCUT2D eigenvalue weighted by atomic mass is 9.86. The van der Waals surface area contributed by atoms with Gasteiger partial charge in [0.1, 0.15) is 10.6 Å². The van der Waals surface area contributed by atoms with Crippen LogP contribution >= 0.6 is 0 Å². The summed E-state index contributed by atoms with van der Waals surface area (Å²) >= 11 is 0. The molecule has 8 heteroatoms. The van der Waals surface area contributed by atoms with Gasteiger partial charge in [0.2, 0.25) is 10.0 Å². The van der Waals surface area contributed by atoms with Crippen molar-refractivity contribution in [3.05, 3.63) is 24.0 Å². The molecular weight excluding hydrogens is 317 g/mol. The van der Waals surface area contributed by atoms with Gasteiger partial charge in [0.25, 0.3) is 0 Å². The maximum absolute atomic E-state index is 12.5. The Morgan fingerprint density at radius 2 is 1.82 bits per heavy atom. The summed E-state index contributed by atoms with van der Waals surface area (Å²) in [6, 6.07) is 1.71. The highest BCUT2D eigenvalue weighted by Gasteiger charge is 2.44. The molecule has 3 rings (SSSR count). The van der Waals surface area contributed by atoms with Crippen LogP contribution in [0.2, 0.25) is 0 Å². The summed E-state index contributed by atoms with van der Waals surface area (Å²) in [6.45, 7) is 0.902. The number of hydrogen-bond donors (Lipinski definition) is 0. The molecule has 0 N–H and O–H groups in total. The average molecular weight is 334 g/mol. The topological polar surface area (TPSA) is 50.3 Å². The highest BCUT2D eigenvalue weighted by atomic mass is 32.2. The number of nitrogens with zero attached hydrogens (tertiary/aromatic N) is 2. The van der Waals surface area contributed by atoms with Gasteiger partial charge in [-0.25, -0.2) is 8.42 Å². The molecule has 2 heterocycles. The largest absolute Gasteiger partial charge is 0.433 e. The van der Waals surface area contributed by atoms with Crippen molar-refractivity contribution in [1.82, 2.24) is 9.29 Å². The minimum atomic E-state index is -4.57. The lowest BCUT2D eigenvalue weighted by Gasteiger charge is -2.23. The van der Waals surface area contributed by atoms with Gasteiger partial charge in [-0.1, -0.05) is 12.8 Å². The molecule has 1 saturated heterocycles. The minimum absolute atomic E-state index is 0.0758. The van der Waals surface area contributed by atoms with Gasteiger partial charge in [0, 0.05) is 19.3 Å². The van der Waals surface area contributed by atoms with Gasteiger partial charge < -0.3 is 0 Å². The SMILES string of the molecule is O=S(=O)(c1ccc(C(F)(F)F)nc1)N1CCC2(CCCC2)C1. The summed E-state index contributed by atoms with van der Waals surface area (Å²) in [5, 5.41) is 0. The van der Waals surface area contributed by atoms with E-state index in [-0.39, 0.29) is 10.3 Å². The monoisotopic (exact) mass is 334 g/mol. The van der Waals surface area contributed by atoms with E-state index >= 15 is 0 Å². The summed E-state index contributed by atoms with van der Waals surface area (Å²) < 4.78 is 64.0. The molecule has 0 unspecified atom stereocenters. The van der Waals surface area contributed by atoms with Crippen molar-refractivity contribution in [3.8, 4) is 0 Å². The zero-order chi connectivity index (χ0) is 16.0. The minimum Gasteiger partial charge on any atom is -0.250 e. The van der Waals surface area contributed by atoms with Crippen LogP contribution in [0.4, 0.5) is 13.2 Å². The number of halogens is 3. The molecule has 1 aliphatic heterocycles. The lowest BCUT2D eigenvalue weighted by Crippen LogP contribution is -2.31. The Bertz CT molecular complexity index is 650. The molecule has 0 bridgehead atoms. The number of aromatic nitrogens is 1. The highest BCUT2D eigenvalue weighted by Crippen LogP contribution is 2.46. The van der Waals surface area contributed by atoms with Crippen molar-refractivity contribution < 1.29 is 21.6 Å². The summed E-state index contributed by atoms with van der Waals surface area (Å²) in [5.41, 5.74) is -1.01. The van der Waals surface area contributed by atoms with Crippen LogP contribution in [0.3, 0.4) is 0 Å². The van der Waals surface area contributed by atoms with E-state index in [1.54, 1.807) is 0 Å². The first kappa shape index (κ1) is 15.7. The first-order valence-electron chi connectivity index (χ1n) is 7.26. The Hall–Kier alpha value is -1.15. The third-order valence-electron chi connectivity index (χ3n) is 4.73. The normalized spacial score (nSPS) is 22.5. The fourth-order valence-electron chi connectivity index (χ4n) is 3.48. The van der Waals surface area contributed by atoms with E-state index < -0.39 is 21.9 Å². The molecule has 1 saturated carbocycles. The first-order chi connectivity index (χ1) is 10.2. The average Bonchev–Trinajstić information content (AvgIpc) is 3.09. The van der Waals surface area contributed by atoms with E-state index in [9.17, 15) is 21.6 Å². The number of pyridine rings is 1. The predicted octanol–water partition coefficient (Wildman–Crippen LogP) is 3.06. The standard InChI is InChI=1S/C14H17F3N2O2S/c15-14(16,17)12-4-3-11(9-18-12)22(20,21)19-8-7-13(10-19)5-1-2-6-13/h3-4,9H,1-2,5-8,10H2. The molecule has 2 fully saturated rings. The first-order valence-corrected chi connectivity index (χ1v) is 8.70. The number of rotatable bonds is 2. The second-order valence-corrected chi connectivity index (χ2v) is 8.11. The van der Waals surface area contributed by atoms with Crippen LogP contribution in [0.1, 0.15) is 37.8 Å². The summed E-state index contributed by atoms with van der Waals surface area (Å²) in [6.07, 6.45) is 1.38. The van der Waals surface area contributed by atoms with Crippen molar-refractivity contribution in [2.24, 2.45) is 5.41 Å². The molecular formula is C14H17F3N2O2S.